The fourth-order valence-corrected chi connectivity index (χ4v) is 8.15. The van der Waals surface area contributed by atoms with E-state index in [4.69, 9.17) is 5.73 Å². The van der Waals surface area contributed by atoms with E-state index in [1.165, 1.54) is 4.31 Å². The first-order valence-electron chi connectivity index (χ1n) is 13.6. The zero-order chi connectivity index (χ0) is 29.5. The summed E-state index contributed by atoms with van der Waals surface area (Å²) in [6.07, 6.45) is 2.09. The van der Waals surface area contributed by atoms with Gasteiger partial charge in [-0.2, -0.15) is 4.31 Å². The third kappa shape index (κ3) is 5.88. The lowest BCUT2D eigenvalue weighted by Crippen LogP contribution is -2.51. The van der Waals surface area contributed by atoms with E-state index < -0.39 is 51.2 Å². The van der Waals surface area contributed by atoms with Gasteiger partial charge in [-0.05, 0) is 61.8 Å². The Kier molecular flexibility index (Phi) is 8.22. The molecule has 2 unspecified atom stereocenters. The summed E-state index contributed by atoms with van der Waals surface area (Å²) in [5.74, 6) is -5.12. The standard InChI is InChI=1S/C28H31F3N4O5S/c29-22-15-24(31)23(30)13-16(22)14-25(32)17-11-18-5-6-19(12-17)35(18)41(39,40)10-8-33-26(36)7-9-34-27(37)20-3-1-2-4-21(20)28(34)38/h1-4,13,15,17-19,25H,5-12,14,32H2,(H,33,36)/t17?,18?,19?,25-/m1/s1. The molecule has 0 aromatic heterocycles. The highest BCUT2D eigenvalue weighted by molar-refractivity contribution is 7.89. The van der Waals surface area contributed by atoms with Crippen LogP contribution in [0, 0.1) is 23.4 Å². The van der Waals surface area contributed by atoms with Gasteiger partial charge < -0.3 is 11.1 Å². The van der Waals surface area contributed by atoms with E-state index in [2.05, 4.69) is 5.32 Å². The van der Waals surface area contributed by atoms with Gasteiger partial charge in [0.05, 0.1) is 16.9 Å². The number of benzene rings is 2. The Morgan fingerprint density at radius 1 is 0.976 bits per heavy atom. The highest BCUT2D eigenvalue weighted by Crippen LogP contribution is 2.42. The molecular weight excluding hydrogens is 561 g/mol. The van der Waals surface area contributed by atoms with Crippen LogP contribution in [0.5, 0.6) is 0 Å². The Labute approximate surface area is 235 Å². The summed E-state index contributed by atoms with van der Waals surface area (Å²) < 4.78 is 68.9. The van der Waals surface area contributed by atoms with Crippen molar-refractivity contribution < 1.29 is 36.0 Å². The first-order valence-corrected chi connectivity index (χ1v) is 15.2. The molecule has 41 heavy (non-hydrogen) atoms. The van der Waals surface area contributed by atoms with Crippen LogP contribution in [0.4, 0.5) is 13.2 Å². The number of halogens is 3. The molecule has 3 atom stereocenters. The van der Waals surface area contributed by atoms with Gasteiger partial charge >= 0.3 is 0 Å². The number of carbonyl (C=O) groups is 3. The van der Waals surface area contributed by atoms with Gasteiger partial charge in [0, 0.05) is 43.7 Å². The summed E-state index contributed by atoms with van der Waals surface area (Å²) in [4.78, 5) is 38.3. The maximum Gasteiger partial charge on any atom is 0.261 e. The van der Waals surface area contributed by atoms with Crippen molar-refractivity contribution in [3.05, 3.63) is 70.5 Å². The summed E-state index contributed by atoms with van der Waals surface area (Å²) in [5, 5.41) is 2.56. The molecular formula is C28H31F3N4O5S. The van der Waals surface area contributed by atoms with E-state index in [-0.39, 0.29) is 55.2 Å². The number of nitrogens with one attached hydrogen (secondary N) is 1. The van der Waals surface area contributed by atoms with Crippen molar-refractivity contribution in [3.8, 4) is 0 Å². The minimum atomic E-state index is -3.72. The lowest BCUT2D eigenvalue weighted by atomic mass is 9.83. The van der Waals surface area contributed by atoms with E-state index in [0.29, 0.717) is 42.9 Å². The third-order valence-corrected chi connectivity index (χ3v) is 10.3. The first kappa shape index (κ1) is 29.2. The number of fused-ring (bicyclic) bond motifs is 3. The van der Waals surface area contributed by atoms with Gasteiger partial charge in [-0.15, -0.1) is 0 Å². The number of hydrogen-bond acceptors (Lipinski definition) is 6. The van der Waals surface area contributed by atoms with Crippen LogP contribution in [-0.4, -0.2) is 72.3 Å². The third-order valence-electron chi connectivity index (χ3n) is 8.30. The number of rotatable bonds is 10. The van der Waals surface area contributed by atoms with Gasteiger partial charge in [0.1, 0.15) is 5.82 Å². The lowest BCUT2D eigenvalue weighted by Gasteiger charge is -2.40. The Morgan fingerprint density at radius 3 is 2.17 bits per heavy atom. The van der Waals surface area contributed by atoms with E-state index >= 15 is 0 Å². The van der Waals surface area contributed by atoms with Crippen molar-refractivity contribution >= 4 is 27.7 Å². The van der Waals surface area contributed by atoms with Crippen molar-refractivity contribution in [1.29, 1.82) is 0 Å². The molecule has 2 saturated heterocycles. The summed E-state index contributed by atoms with van der Waals surface area (Å²) in [6, 6.07) is 6.61. The minimum Gasteiger partial charge on any atom is -0.355 e. The molecule has 3 amide bonds. The number of sulfonamides is 1. The molecule has 0 spiro atoms. The van der Waals surface area contributed by atoms with Crippen LogP contribution >= 0.6 is 0 Å². The fraction of sp³-hybridized carbons (Fsp3) is 0.464. The van der Waals surface area contributed by atoms with Crippen LogP contribution in [0.15, 0.2) is 36.4 Å². The van der Waals surface area contributed by atoms with Crippen LogP contribution in [0.3, 0.4) is 0 Å². The Bertz CT molecular complexity index is 1440. The molecule has 3 N–H and O–H groups in total. The largest absolute Gasteiger partial charge is 0.355 e. The van der Waals surface area contributed by atoms with Crippen molar-refractivity contribution in [2.75, 3.05) is 18.8 Å². The summed E-state index contributed by atoms with van der Waals surface area (Å²) in [6.45, 7) is -0.241. The average molecular weight is 593 g/mol. The van der Waals surface area contributed by atoms with E-state index in [0.717, 1.165) is 11.0 Å². The molecule has 5 rings (SSSR count). The van der Waals surface area contributed by atoms with Crippen molar-refractivity contribution in [2.45, 2.75) is 56.7 Å². The second kappa shape index (κ2) is 11.5. The quantitative estimate of drug-likeness (QED) is 0.322. The number of piperidine rings is 1. The Hall–Kier alpha value is -3.29. The first-order chi connectivity index (χ1) is 19.5. The van der Waals surface area contributed by atoms with Gasteiger partial charge in [-0.25, -0.2) is 21.6 Å². The second-order valence-electron chi connectivity index (χ2n) is 10.9. The van der Waals surface area contributed by atoms with Crippen molar-refractivity contribution in [2.24, 2.45) is 11.7 Å². The number of hydrogen-bond donors (Lipinski definition) is 2. The molecule has 2 bridgehead atoms. The number of amides is 3. The van der Waals surface area contributed by atoms with Crippen LogP contribution < -0.4 is 11.1 Å². The van der Waals surface area contributed by atoms with E-state index in [9.17, 15) is 36.0 Å². The van der Waals surface area contributed by atoms with E-state index in [1.54, 1.807) is 24.3 Å². The zero-order valence-electron chi connectivity index (χ0n) is 22.2. The molecule has 3 aliphatic heterocycles. The maximum absolute atomic E-state index is 14.1. The predicted octanol–water partition coefficient (Wildman–Crippen LogP) is 2.35. The topological polar surface area (TPSA) is 130 Å². The van der Waals surface area contributed by atoms with Crippen LogP contribution in [0.25, 0.3) is 0 Å². The van der Waals surface area contributed by atoms with Gasteiger partial charge in [0.25, 0.3) is 11.8 Å². The summed E-state index contributed by atoms with van der Waals surface area (Å²) >= 11 is 0. The Morgan fingerprint density at radius 2 is 1.56 bits per heavy atom. The van der Waals surface area contributed by atoms with Crippen molar-refractivity contribution in [1.82, 2.24) is 14.5 Å². The highest BCUT2D eigenvalue weighted by atomic mass is 32.2. The molecule has 0 saturated carbocycles. The molecule has 3 heterocycles. The normalized spacial score (nSPS) is 23.1. The molecule has 3 aliphatic rings. The van der Waals surface area contributed by atoms with Gasteiger partial charge in [-0.3, -0.25) is 19.3 Å². The van der Waals surface area contributed by atoms with Gasteiger partial charge in [0.15, 0.2) is 11.6 Å². The van der Waals surface area contributed by atoms with Crippen LogP contribution in [0.1, 0.15) is 58.4 Å². The zero-order valence-corrected chi connectivity index (χ0v) is 23.0. The second-order valence-corrected chi connectivity index (χ2v) is 12.9. The molecule has 0 radical (unpaired) electrons. The molecule has 2 aromatic rings. The minimum absolute atomic E-state index is 0.00658. The number of carbonyl (C=O) groups excluding carboxylic acids is 3. The lowest BCUT2D eigenvalue weighted by molar-refractivity contribution is -0.121. The van der Waals surface area contributed by atoms with Gasteiger partial charge in [0.2, 0.25) is 15.9 Å². The molecule has 13 heteroatoms. The molecule has 0 aliphatic carbocycles. The molecule has 2 aromatic carbocycles. The number of imide groups is 1. The SMILES string of the molecule is N[C@H](Cc1cc(F)c(F)cc1F)C1CC2CCC(C1)N2S(=O)(=O)CCNC(=O)CCN1C(=O)c2ccccc2C1=O. The average Bonchev–Trinajstić information content (AvgIpc) is 3.35. The van der Waals surface area contributed by atoms with Crippen molar-refractivity contribution in [3.63, 3.8) is 0 Å². The maximum atomic E-state index is 14.1. The summed E-state index contributed by atoms with van der Waals surface area (Å²) in [5.41, 5.74) is 6.90. The van der Waals surface area contributed by atoms with Gasteiger partial charge in [-0.1, -0.05) is 12.1 Å². The predicted molar refractivity (Wildman–Crippen MR) is 143 cm³/mol. The van der Waals surface area contributed by atoms with Crippen LogP contribution in [0.2, 0.25) is 0 Å². The molecule has 9 nitrogen and oxygen atoms in total. The highest BCUT2D eigenvalue weighted by Gasteiger charge is 2.47. The Balaban J connectivity index is 1.10. The molecule has 2 fully saturated rings. The summed E-state index contributed by atoms with van der Waals surface area (Å²) in [7, 11) is -3.72. The molecule has 220 valence electrons. The van der Waals surface area contributed by atoms with Crippen LogP contribution in [-0.2, 0) is 21.2 Å². The monoisotopic (exact) mass is 592 g/mol. The smallest absolute Gasteiger partial charge is 0.261 e. The number of nitrogens with two attached hydrogens (primary N) is 1. The number of nitrogens with zero attached hydrogens (tertiary/aromatic N) is 2. The fourth-order valence-electron chi connectivity index (χ4n) is 6.29. The van der Waals surface area contributed by atoms with E-state index in [1.807, 2.05) is 0 Å².